The van der Waals surface area contributed by atoms with Gasteiger partial charge in [0.15, 0.2) is 0 Å². The van der Waals surface area contributed by atoms with Gasteiger partial charge in [-0.15, -0.1) is 0 Å². The van der Waals surface area contributed by atoms with Crippen molar-refractivity contribution in [1.82, 2.24) is 0 Å². The average molecular weight is 303 g/mol. The lowest BCUT2D eigenvalue weighted by Gasteiger charge is -2.36. The van der Waals surface area contributed by atoms with E-state index in [0.717, 1.165) is 5.56 Å². The van der Waals surface area contributed by atoms with Crippen LogP contribution >= 0.6 is 0 Å². The first-order valence-electron chi connectivity index (χ1n) is 6.47. The molecule has 0 saturated heterocycles. The summed E-state index contributed by atoms with van der Waals surface area (Å²) in [5, 5.41) is 0. The summed E-state index contributed by atoms with van der Waals surface area (Å²) in [5.74, 6) is 0.292. The minimum Gasteiger partial charge on any atom is -0.497 e. The second-order valence-electron chi connectivity index (χ2n) is 4.80. The monoisotopic (exact) mass is 303 g/mol. The molecular formula is C14H16F3NO3. The van der Waals surface area contributed by atoms with Crippen LogP contribution in [0, 0.1) is 0 Å². The fourth-order valence-corrected chi connectivity index (χ4v) is 2.41. The fraction of sp³-hybridized carbons (Fsp3) is 0.500. The van der Waals surface area contributed by atoms with Gasteiger partial charge in [0.25, 0.3) is 0 Å². The Morgan fingerprint density at radius 1 is 1.43 bits per heavy atom. The Labute approximate surface area is 120 Å². The molecule has 1 aliphatic heterocycles. The van der Waals surface area contributed by atoms with Gasteiger partial charge < -0.3 is 9.47 Å². The first-order chi connectivity index (χ1) is 9.81. The zero-order chi connectivity index (χ0) is 15.6. The number of ether oxygens (including phenoxy) is 2. The second kappa shape index (κ2) is 5.93. The molecule has 1 heterocycles. The van der Waals surface area contributed by atoms with Crippen LogP contribution in [0.1, 0.15) is 18.9 Å². The molecule has 1 amide bonds. The number of carbonyl (C=O) groups excluding carboxylic acids is 1. The van der Waals surface area contributed by atoms with E-state index in [2.05, 4.69) is 0 Å². The molecule has 2 rings (SSSR count). The number of halogens is 3. The summed E-state index contributed by atoms with van der Waals surface area (Å²) in [4.78, 5) is 13.1. The smallest absolute Gasteiger partial charge is 0.411 e. The summed E-state index contributed by atoms with van der Waals surface area (Å²) >= 11 is 0. The molecule has 0 aromatic heterocycles. The van der Waals surface area contributed by atoms with Crippen LogP contribution < -0.4 is 9.64 Å². The third-order valence-electron chi connectivity index (χ3n) is 3.27. The predicted molar refractivity (Wildman–Crippen MR) is 70.3 cm³/mol. The van der Waals surface area contributed by atoms with E-state index in [1.165, 1.54) is 18.9 Å². The Morgan fingerprint density at radius 2 is 2.14 bits per heavy atom. The normalized spacial score (nSPS) is 18.3. The van der Waals surface area contributed by atoms with Gasteiger partial charge in [-0.25, -0.2) is 0 Å². The highest BCUT2D eigenvalue weighted by Gasteiger charge is 2.34. The van der Waals surface area contributed by atoms with Crippen molar-refractivity contribution < 1.29 is 27.4 Å². The summed E-state index contributed by atoms with van der Waals surface area (Å²) in [6, 6.07) is 5.12. The molecule has 1 atom stereocenters. The third kappa shape index (κ3) is 3.66. The van der Waals surface area contributed by atoms with Crippen LogP contribution in [0.25, 0.3) is 0 Å². The number of anilines is 1. The van der Waals surface area contributed by atoms with Crippen molar-refractivity contribution in [3.63, 3.8) is 0 Å². The Bertz CT molecular complexity index is 531. The highest BCUT2D eigenvalue weighted by molar-refractivity contribution is 5.93. The van der Waals surface area contributed by atoms with Gasteiger partial charge in [-0.3, -0.25) is 9.69 Å². The van der Waals surface area contributed by atoms with E-state index in [-0.39, 0.29) is 5.91 Å². The quantitative estimate of drug-likeness (QED) is 0.862. The zero-order valence-electron chi connectivity index (χ0n) is 11.7. The van der Waals surface area contributed by atoms with Gasteiger partial charge in [-0.2, -0.15) is 13.2 Å². The molecule has 0 radical (unpaired) electrons. The highest BCUT2D eigenvalue weighted by Crippen LogP contribution is 2.34. The molecule has 7 heteroatoms. The molecule has 0 N–H and O–H groups in total. The minimum atomic E-state index is -4.41. The summed E-state index contributed by atoms with van der Waals surface area (Å²) in [7, 11) is 1.53. The molecule has 116 valence electrons. The fourth-order valence-electron chi connectivity index (χ4n) is 2.41. The molecule has 1 unspecified atom stereocenters. The maximum Gasteiger partial charge on any atom is 0.411 e. The number of hydrogen-bond donors (Lipinski definition) is 0. The Kier molecular flexibility index (Phi) is 4.41. The number of nitrogens with zero attached hydrogens (tertiary/aromatic N) is 1. The van der Waals surface area contributed by atoms with Crippen LogP contribution in [0.4, 0.5) is 18.9 Å². The number of rotatable bonds is 3. The number of fused-ring (bicyclic) bond motifs is 1. The van der Waals surface area contributed by atoms with E-state index >= 15 is 0 Å². The zero-order valence-corrected chi connectivity index (χ0v) is 11.7. The van der Waals surface area contributed by atoms with Crippen molar-refractivity contribution in [2.75, 3.05) is 18.6 Å². The topological polar surface area (TPSA) is 38.8 Å². The van der Waals surface area contributed by atoms with Crippen LogP contribution in [0.3, 0.4) is 0 Å². The van der Waals surface area contributed by atoms with E-state index in [1.807, 2.05) is 0 Å². The van der Waals surface area contributed by atoms with E-state index in [9.17, 15) is 18.0 Å². The molecule has 0 fully saturated rings. The lowest BCUT2D eigenvalue weighted by molar-refractivity contribution is -0.186. The van der Waals surface area contributed by atoms with Gasteiger partial charge in [0.2, 0.25) is 5.91 Å². The summed E-state index contributed by atoms with van der Waals surface area (Å²) < 4.78 is 46.9. The molecular weight excluding hydrogens is 287 g/mol. The lowest BCUT2D eigenvalue weighted by Crippen LogP contribution is -2.45. The van der Waals surface area contributed by atoms with Gasteiger partial charge in [-0.05, 0) is 36.6 Å². The van der Waals surface area contributed by atoms with Crippen LogP contribution in [-0.2, 0) is 16.0 Å². The standard InChI is InChI=1S/C14H16F3NO3/c1-9(19)18-12-5-4-11(20-2)7-10(12)3-6-13(18)21-8-14(15,16)17/h4-5,7,13H,3,6,8H2,1-2H3. The van der Waals surface area contributed by atoms with Crippen molar-refractivity contribution >= 4 is 11.6 Å². The molecule has 1 aromatic carbocycles. The number of methoxy groups -OCH3 is 1. The Morgan fingerprint density at radius 3 is 2.71 bits per heavy atom. The van der Waals surface area contributed by atoms with Crippen LogP contribution in [-0.4, -0.2) is 32.0 Å². The number of aryl methyl sites for hydroxylation is 1. The number of benzene rings is 1. The lowest BCUT2D eigenvalue weighted by atomic mass is 10.00. The highest BCUT2D eigenvalue weighted by atomic mass is 19.4. The molecule has 21 heavy (non-hydrogen) atoms. The van der Waals surface area contributed by atoms with Gasteiger partial charge in [0.1, 0.15) is 18.6 Å². The van der Waals surface area contributed by atoms with Gasteiger partial charge >= 0.3 is 6.18 Å². The first kappa shape index (κ1) is 15.6. The molecule has 0 aliphatic carbocycles. The number of carbonyl (C=O) groups is 1. The van der Waals surface area contributed by atoms with Crippen molar-refractivity contribution in [3.05, 3.63) is 23.8 Å². The largest absolute Gasteiger partial charge is 0.497 e. The van der Waals surface area contributed by atoms with Gasteiger partial charge in [0, 0.05) is 12.6 Å². The van der Waals surface area contributed by atoms with E-state index in [1.54, 1.807) is 18.2 Å². The molecule has 0 bridgehead atoms. The molecule has 0 saturated carbocycles. The average Bonchev–Trinajstić information content (AvgIpc) is 2.42. The van der Waals surface area contributed by atoms with Crippen LogP contribution in [0.5, 0.6) is 5.75 Å². The van der Waals surface area contributed by atoms with Crippen molar-refractivity contribution in [2.24, 2.45) is 0 Å². The van der Waals surface area contributed by atoms with E-state index in [0.29, 0.717) is 24.3 Å². The number of hydrogen-bond acceptors (Lipinski definition) is 3. The summed E-state index contributed by atoms with van der Waals surface area (Å²) in [5.41, 5.74) is 1.43. The summed E-state index contributed by atoms with van der Waals surface area (Å²) in [6.45, 7) is -0.0593. The Hall–Kier alpha value is -1.76. The van der Waals surface area contributed by atoms with E-state index in [4.69, 9.17) is 9.47 Å². The maximum atomic E-state index is 12.3. The molecule has 0 spiro atoms. The van der Waals surface area contributed by atoms with E-state index < -0.39 is 19.0 Å². The van der Waals surface area contributed by atoms with Crippen LogP contribution in [0.15, 0.2) is 18.2 Å². The second-order valence-corrected chi connectivity index (χ2v) is 4.80. The first-order valence-corrected chi connectivity index (χ1v) is 6.47. The third-order valence-corrected chi connectivity index (χ3v) is 3.27. The SMILES string of the molecule is COc1ccc2c(c1)CCC(OCC(F)(F)F)N2C(C)=O. The minimum absolute atomic E-state index is 0.315. The Balaban J connectivity index is 2.24. The van der Waals surface area contributed by atoms with Gasteiger partial charge in [-0.1, -0.05) is 0 Å². The maximum absolute atomic E-state index is 12.3. The molecule has 1 aromatic rings. The number of alkyl halides is 3. The predicted octanol–water partition coefficient (Wildman–Crippen LogP) is 2.90. The van der Waals surface area contributed by atoms with Crippen molar-refractivity contribution in [2.45, 2.75) is 32.2 Å². The van der Waals surface area contributed by atoms with Crippen LogP contribution in [0.2, 0.25) is 0 Å². The van der Waals surface area contributed by atoms with Crippen molar-refractivity contribution in [1.29, 1.82) is 0 Å². The number of amides is 1. The van der Waals surface area contributed by atoms with Crippen molar-refractivity contribution in [3.8, 4) is 5.75 Å². The summed E-state index contributed by atoms with van der Waals surface area (Å²) in [6.07, 6.45) is -4.47. The molecule has 4 nitrogen and oxygen atoms in total. The molecule has 1 aliphatic rings. The van der Waals surface area contributed by atoms with Gasteiger partial charge in [0.05, 0.1) is 7.11 Å².